The van der Waals surface area contributed by atoms with Gasteiger partial charge in [0.25, 0.3) is 0 Å². The van der Waals surface area contributed by atoms with Gasteiger partial charge in [0.2, 0.25) is 5.69 Å². The van der Waals surface area contributed by atoms with E-state index in [1.54, 1.807) is 11.3 Å². The van der Waals surface area contributed by atoms with E-state index in [0.29, 0.717) is 5.69 Å². The Kier molecular flexibility index (Phi) is 3.94. The Bertz CT molecular complexity index is 1450. The summed E-state index contributed by atoms with van der Waals surface area (Å²) in [6.45, 7) is 14.3. The molecule has 0 saturated carbocycles. The first-order chi connectivity index (χ1) is 14.0. The molecule has 5 aromatic rings. The van der Waals surface area contributed by atoms with Crippen LogP contribution in [-0.2, 0) is 5.41 Å². The van der Waals surface area contributed by atoms with Crippen LogP contribution < -0.4 is 0 Å². The molecule has 0 radical (unpaired) electrons. The number of nitrogens with zero attached hydrogens (tertiary/aromatic N) is 2. The molecule has 0 bridgehead atoms. The Morgan fingerprint density at radius 3 is 2.41 bits per heavy atom. The Morgan fingerprint density at radius 2 is 1.62 bits per heavy atom. The van der Waals surface area contributed by atoms with Gasteiger partial charge in [0.05, 0.1) is 17.0 Å². The lowest BCUT2D eigenvalue weighted by Gasteiger charge is -2.22. The Morgan fingerprint density at radius 1 is 0.862 bits per heavy atom. The van der Waals surface area contributed by atoms with E-state index in [1.807, 2.05) is 18.3 Å². The maximum atomic E-state index is 7.52. The van der Waals surface area contributed by atoms with E-state index in [2.05, 4.69) is 74.1 Å². The van der Waals surface area contributed by atoms with Crippen LogP contribution in [0.5, 0.6) is 0 Å². The third-order valence-electron chi connectivity index (χ3n) is 5.46. The summed E-state index contributed by atoms with van der Waals surface area (Å²) in [7, 11) is 0. The van der Waals surface area contributed by atoms with Crippen molar-refractivity contribution in [2.45, 2.75) is 26.2 Å². The first-order valence-corrected chi connectivity index (χ1v) is 10.5. The highest BCUT2D eigenvalue weighted by Gasteiger charge is 2.20. The number of benzene rings is 3. The zero-order valence-corrected chi connectivity index (χ0v) is 17.5. The highest BCUT2D eigenvalue weighted by atomic mass is 32.1. The summed E-state index contributed by atoms with van der Waals surface area (Å²) in [6, 6.07) is 21.1. The Balaban J connectivity index is 1.87. The third-order valence-corrected chi connectivity index (χ3v) is 6.71. The second kappa shape index (κ2) is 6.40. The molecule has 140 valence electrons. The summed E-state index contributed by atoms with van der Waals surface area (Å²) in [4.78, 5) is 8.51. The summed E-state index contributed by atoms with van der Waals surface area (Å²) >= 11 is 1.68. The molecule has 0 N–H and O–H groups in total. The van der Waals surface area contributed by atoms with Crippen molar-refractivity contribution in [1.82, 2.24) is 4.98 Å². The largest absolute Gasteiger partial charge is 0.255 e. The molecule has 0 atom stereocenters. The second-order valence-electron chi connectivity index (χ2n) is 8.40. The SMILES string of the molecule is [C-]#[N+]c1cccc2c1sc1c(-c3cc(C(C)(C)C)c4ccccc4c3)nccc12. The summed E-state index contributed by atoms with van der Waals surface area (Å²) < 4.78 is 2.19. The van der Waals surface area contributed by atoms with Gasteiger partial charge in [-0.05, 0) is 45.3 Å². The van der Waals surface area contributed by atoms with Crippen molar-refractivity contribution in [2.75, 3.05) is 0 Å². The van der Waals surface area contributed by atoms with Crippen molar-refractivity contribution in [3.8, 4) is 11.3 Å². The predicted octanol–water partition coefficient (Wildman–Crippen LogP) is 8.12. The van der Waals surface area contributed by atoms with Crippen molar-refractivity contribution >= 4 is 48.0 Å². The molecule has 0 saturated heterocycles. The number of rotatable bonds is 1. The standard InChI is InChI=1S/C26H20N2S/c1-26(2,3)21-15-17(14-16-8-5-6-9-18(16)21)23-25-20(12-13-28-23)19-10-7-11-22(27-4)24(19)29-25/h5-15H,1-3H3. The fourth-order valence-corrected chi connectivity index (χ4v) is 5.34. The van der Waals surface area contributed by atoms with E-state index in [1.165, 1.54) is 21.7 Å². The summed E-state index contributed by atoms with van der Waals surface area (Å²) in [5.74, 6) is 0. The topological polar surface area (TPSA) is 17.2 Å². The van der Waals surface area contributed by atoms with Crippen molar-refractivity contribution in [3.63, 3.8) is 0 Å². The van der Waals surface area contributed by atoms with Crippen LogP contribution in [-0.4, -0.2) is 4.98 Å². The first kappa shape index (κ1) is 17.8. The molecular weight excluding hydrogens is 372 g/mol. The van der Waals surface area contributed by atoms with E-state index >= 15 is 0 Å². The van der Waals surface area contributed by atoms with Crippen LogP contribution in [0.3, 0.4) is 0 Å². The predicted molar refractivity (Wildman–Crippen MR) is 125 cm³/mol. The summed E-state index contributed by atoms with van der Waals surface area (Å²) in [5.41, 5.74) is 4.20. The molecule has 3 heteroatoms. The smallest absolute Gasteiger partial charge is 0.204 e. The molecule has 0 fully saturated rings. The lowest BCUT2D eigenvalue weighted by molar-refractivity contribution is 0.596. The number of aromatic nitrogens is 1. The van der Waals surface area contributed by atoms with Crippen LogP contribution >= 0.6 is 11.3 Å². The van der Waals surface area contributed by atoms with Crippen LogP contribution in [0.15, 0.2) is 66.9 Å². The molecule has 0 aliphatic rings. The van der Waals surface area contributed by atoms with E-state index in [4.69, 9.17) is 11.6 Å². The van der Waals surface area contributed by atoms with Gasteiger partial charge in [-0.25, -0.2) is 4.85 Å². The molecule has 2 aromatic heterocycles. The van der Waals surface area contributed by atoms with Crippen molar-refractivity contribution in [1.29, 1.82) is 0 Å². The minimum absolute atomic E-state index is 0.0287. The monoisotopic (exact) mass is 392 g/mol. The lowest BCUT2D eigenvalue weighted by atomic mass is 9.82. The molecule has 0 spiro atoms. The minimum Gasteiger partial charge on any atom is -0.255 e. The molecular formula is C26H20N2S. The normalized spacial score (nSPS) is 11.9. The highest BCUT2D eigenvalue weighted by Crippen LogP contribution is 2.43. The molecule has 5 rings (SSSR count). The van der Waals surface area contributed by atoms with Gasteiger partial charge in [-0.15, -0.1) is 11.3 Å². The average Bonchev–Trinajstić information content (AvgIpc) is 3.11. The van der Waals surface area contributed by atoms with E-state index in [0.717, 1.165) is 26.0 Å². The lowest BCUT2D eigenvalue weighted by Crippen LogP contribution is -2.12. The van der Waals surface area contributed by atoms with Gasteiger partial charge < -0.3 is 0 Å². The van der Waals surface area contributed by atoms with Crippen molar-refractivity contribution in [2.24, 2.45) is 0 Å². The molecule has 2 heterocycles. The van der Waals surface area contributed by atoms with E-state index in [-0.39, 0.29) is 5.41 Å². The molecule has 0 aliphatic heterocycles. The molecule has 0 unspecified atom stereocenters. The zero-order valence-electron chi connectivity index (χ0n) is 16.7. The van der Waals surface area contributed by atoms with Crippen LogP contribution in [0, 0.1) is 6.57 Å². The fraction of sp³-hybridized carbons (Fsp3) is 0.154. The minimum atomic E-state index is 0.0287. The van der Waals surface area contributed by atoms with Crippen LogP contribution in [0.2, 0.25) is 0 Å². The molecule has 0 aliphatic carbocycles. The van der Waals surface area contributed by atoms with Gasteiger partial charge >= 0.3 is 0 Å². The van der Waals surface area contributed by atoms with Gasteiger partial charge in [-0.1, -0.05) is 63.2 Å². The number of pyridine rings is 1. The Hall–Kier alpha value is -3.22. The number of hydrogen-bond donors (Lipinski definition) is 0. The van der Waals surface area contributed by atoms with Crippen LogP contribution in [0.1, 0.15) is 26.3 Å². The molecule has 29 heavy (non-hydrogen) atoms. The number of hydrogen-bond acceptors (Lipinski definition) is 2. The van der Waals surface area contributed by atoms with Gasteiger partial charge in [0.15, 0.2) is 0 Å². The van der Waals surface area contributed by atoms with Gasteiger partial charge in [0.1, 0.15) is 0 Å². The van der Waals surface area contributed by atoms with Crippen LogP contribution in [0.25, 0.3) is 47.0 Å². The van der Waals surface area contributed by atoms with E-state index < -0.39 is 0 Å². The fourth-order valence-electron chi connectivity index (χ4n) is 4.07. The zero-order chi connectivity index (χ0) is 20.2. The van der Waals surface area contributed by atoms with Gasteiger partial charge in [0, 0.05) is 21.8 Å². The maximum absolute atomic E-state index is 7.52. The van der Waals surface area contributed by atoms with Crippen LogP contribution in [0.4, 0.5) is 5.69 Å². The maximum Gasteiger partial charge on any atom is 0.204 e. The Labute approximate surface area is 174 Å². The second-order valence-corrected chi connectivity index (χ2v) is 9.42. The van der Waals surface area contributed by atoms with Crippen molar-refractivity contribution in [3.05, 3.63) is 83.8 Å². The van der Waals surface area contributed by atoms with Crippen molar-refractivity contribution < 1.29 is 0 Å². The molecule has 2 nitrogen and oxygen atoms in total. The number of thiophene rings is 1. The molecule has 3 aromatic carbocycles. The third kappa shape index (κ3) is 2.80. The number of fused-ring (bicyclic) bond motifs is 4. The summed E-state index contributed by atoms with van der Waals surface area (Å²) in [6.07, 6.45) is 1.89. The molecule has 0 amide bonds. The van der Waals surface area contributed by atoms with Gasteiger partial charge in [-0.2, -0.15) is 0 Å². The first-order valence-electron chi connectivity index (χ1n) is 9.69. The summed E-state index contributed by atoms with van der Waals surface area (Å²) in [5, 5.41) is 4.84. The van der Waals surface area contributed by atoms with E-state index in [9.17, 15) is 0 Å². The van der Waals surface area contributed by atoms with Gasteiger partial charge in [-0.3, -0.25) is 4.98 Å². The quantitative estimate of drug-likeness (QED) is 0.263. The average molecular weight is 393 g/mol. The highest BCUT2D eigenvalue weighted by molar-refractivity contribution is 7.26.